The molecule has 0 heterocycles. The van der Waals surface area contributed by atoms with E-state index in [9.17, 15) is 0 Å². The van der Waals surface area contributed by atoms with Crippen LogP contribution in [0.25, 0.3) is 0 Å². The average Bonchev–Trinajstić information content (AvgIpc) is 2.18. The Morgan fingerprint density at radius 1 is 1.54 bits per heavy atom. The summed E-state index contributed by atoms with van der Waals surface area (Å²) in [6.45, 7) is 2.09. The van der Waals surface area contributed by atoms with Crippen LogP contribution < -0.4 is 17.0 Å². The molecule has 0 atom stereocenters. The van der Waals surface area contributed by atoms with E-state index in [1.54, 1.807) is 0 Å². The van der Waals surface area contributed by atoms with Gasteiger partial charge in [0.15, 0.2) is 0 Å². The van der Waals surface area contributed by atoms with Gasteiger partial charge in [-0.05, 0) is 24.1 Å². The van der Waals surface area contributed by atoms with Gasteiger partial charge in [-0.25, -0.2) is 10.8 Å². The summed E-state index contributed by atoms with van der Waals surface area (Å²) in [6, 6.07) is 7.85. The smallest absolute Gasteiger partial charge is 0.208 e. The maximum absolute atomic E-state index is 5.41. The number of benzene rings is 1. The molecule has 0 aliphatic rings. The first kappa shape index (κ1) is 9.54. The van der Waals surface area contributed by atoms with Crippen LogP contribution in [0.5, 0.6) is 0 Å². The van der Waals surface area contributed by atoms with Gasteiger partial charge >= 0.3 is 0 Å². The summed E-state index contributed by atoms with van der Waals surface area (Å²) in [5, 5.41) is 0. The van der Waals surface area contributed by atoms with Gasteiger partial charge in [-0.15, -0.1) is 0 Å². The van der Waals surface area contributed by atoms with Crippen molar-refractivity contribution in [1.29, 1.82) is 0 Å². The van der Waals surface area contributed by atoms with Crippen LogP contribution in [0.3, 0.4) is 0 Å². The Morgan fingerprint density at radius 2 is 2.31 bits per heavy atom. The fraction of sp³-hybridized carbons (Fsp3) is 0.222. The zero-order valence-corrected chi connectivity index (χ0v) is 7.62. The van der Waals surface area contributed by atoms with Crippen molar-refractivity contribution in [3.63, 3.8) is 0 Å². The molecule has 0 saturated heterocycles. The standard InChI is InChI=1S/C9H14N4/c1-2-7-4-3-5-8(6-7)12-9(10)13-11/h3-6H,2,11H2,1H3,(H3,10,12,13). The number of nitrogens with two attached hydrogens (primary N) is 2. The van der Waals surface area contributed by atoms with Gasteiger partial charge in [0.25, 0.3) is 0 Å². The summed E-state index contributed by atoms with van der Waals surface area (Å²) in [4.78, 5) is 4.04. The summed E-state index contributed by atoms with van der Waals surface area (Å²) in [6.07, 6.45) is 0.985. The van der Waals surface area contributed by atoms with E-state index < -0.39 is 0 Å². The molecule has 0 amide bonds. The van der Waals surface area contributed by atoms with E-state index in [1.807, 2.05) is 24.3 Å². The highest BCUT2D eigenvalue weighted by Crippen LogP contribution is 2.13. The first-order valence-corrected chi connectivity index (χ1v) is 4.16. The lowest BCUT2D eigenvalue weighted by atomic mass is 10.1. The van der Waals surface area contributed by atoms with E-state index in [4.69, 9.17) is 11.6 Å². The lowest BCUT2D eigenvalue weighted by molar-refractivity contribution is 1.01. The molecule has 0 aliphatic heterocycles. The Kier molecular flexibility index (Phi) is 3.28. The van der Waals surface area contributed by atoms with Gasteiger partial charge in [0.2, 0.25) is 5.96 Å². The number of nitrogens with one attached hydrogen (secondary N) is 1. The summed E-state index contributed by atoms with van der Waals surface area (Å²) in [7, 11) is 0. The van der Waals surface area contributed by atoms with E-state index in [2.05, 4.69) is 17.3 Å². The average molecular weight is 178 g/mol. The molecule has 1 rings (SSSR count). The highest BCUT2D eigenvalue weighted by molar-refractivity contribution is 5.80. The molecular formula is C9H14N4. The highest BCUT2D eigenvalue weighted by atomic mass is 15.3. The summed E-state index contributed by atoms with van der Waals surface area (Å²) in [5.41, 5.74) is 9.73. The molecule has 13 heavy (non-hydrogen) atoms. The van der Waals surface area contributed by atoms with Crippen LogP contribution in [0, 0.1) is 0 Å². The van der Waals surface area contributed by atoms with Gasteiger partial charge in [-0.1, -0.05) is 19.1 Å². The van der Waals surface area contributed by atoms with E-state index in [0.717, 1.165) is 12.1 Å². The molecule has 0 fully saturated rings. The molecule has 0 saturated carbocycles. The number of hydrazine groups is 1. The number of aryl methyl sites for hydroxylation is 1. The van der Waals surface area contributed by atoms with Gasteiger partial charge in [0, 0.05) is 0 Å². The molecule has 0 bridgehead atoms. The molecule has 1 aromatic rings. The molecule has 4 heteroatoms. The Morgan fingerprint density at radius 3 is 2.92 bits per heavy atom. The molecule has 0 spiro atoms. The van der Waals surface area contributed by atoms with Gasteiger partial charge in [0.05, 0.1) is 5.69 Å². The van der Waals surface area contributed by atoms with E-state index >= 15 is 0 Å². The third-order valence-electron chi connectivity index (χ3n) is 1.72. The normalized spacial score (nSPS) is 11.4. The van der Waals surface area contributed by atoms with Crippen LogP contribution in [0.1, 0.15) is 12.5 Å². The molecule has 0 aliphatic carbocycles. The maximum atomic E-state index is 5.41. The Hall–Kier alpha value is -1.55. The molecule has 0 radical (unpaired) electrons. The fourth-order valence-corrected chi connectivity index (χ4v) is 1.02. The third kappa shape index (κ3) is 2.76. The van der Waals surface area contributed by atoms with Gasteiger partial charge < -0.3 is 5.73 Å². The second-order valence-electron chi connectivity index (χ2n) is 2.66. The van der Waals surface area contributed by atoms with Crippen molar-refractivity contribution in [2.45, 2.75) is 13.3 Å². The number of rotatable bonds is 2. The van der Waals surface area contributed by atoms with Crippen molar-refractivity contribution in [3.05, 3.63) is 29.8 Å². The van der Waals surface area contributed by atoms with Crippen LogP contribution in [0.2, 0.25) is 0 Å². The molecule has 1 aromatic carbocycles. The molecule has 70 valence electrons. The SMILES string of the molecule is CCc1cccc(N=C(N)NN)c1. The highest BCUT2D eigenvalue weighted by Gasteiger charge is 1.92. The summed E-state index contributed by atoms with van der Waals surface area (Å²) in [5.74, 6) is 5.30. The van der Waals surface area contributed by atoms with E-state index in [-0.39, 0.29) is 5.96 Å². The lowest BCUT2D eigenvalue weighted by Crippen LogP contribution is -2.36. The lowest BCUT2D eigenvalue weighted by Gasteiger charge is -2.00. The Labute approximate surface area is 77.6 Å². The van der Waals surface area contributed by atoms with Crippen molar-refractivity contribution in [2.75, 3.05) is 0 Å². The number of nitrogens with zero attached hydrogens (tertiary/aromatic N) is 1. The monoisotopic (exact) mass is 178 g/mol. The van der Waals surface area contributed by atoms with Gasteiger partial charge in [0.1, 0.15) is 0 Å². The zero-order chi connectivity index (χ0) is 9.68. The topological polar surface area (TPSA) is 76.4 Å². The van der Waals surface area contributed by atoms with Crippen LogP contribution in [0.4, 0.5) is 5.69 Å². The maximum Gasteiger partial charge on any atom is 0.208 e. The van der Waals surface area contributed by atoms with Gasteiger partial charge in [-0.2, -0.15) is 0 Å². The zero-order valence-electron chi connectivity index (χ0n) is 7.62. The molecule has 0 aromatic heterocycles. The van der Waals surface area contributed by atoms with Crippen LogP contribution in [-0.4, -0.2) is 5.96 Å². The first-order valence-electron chi connectivity index (χ1n) is 4.16. The van der Waals surface area contributed by atoms with Crippen molar-refractivity contribution in [2.24, 2.45) is 16.6 Å². The summed E-state index contributed by atoms with van der Waals surface area (Å²) < 4.78 is 0. The molecular weight excluding hydrogens is 164 g/mol. The molecule has 0 unspecified atom stereocenters. The predicted octanol–water partition coefficient (Wildman–Crippen LogP) is 0.658. The van der Waals surface area contributed by atoms with E-state index in [0.29, 0.717) is 0 Å². The number of guanidine groups is 1. The van der Waals surface area contributed by atoms with Crippen molar-refractivity contribution in [1.82, 2.24) is 5.43 Å². The minimum Gasteiger partial charge on any atom is -0.369 e. The largest absolute Gasteiger partial charge is 0.369 e. The van der Waals surface area contributed by atoms with Gasteiger partial charge in [-0.3, -0.25) is 5.43 Å². The number of hydrogen-bond acceptors (Lipinski definition) is 2. The molecule has 5 N–H and O–H groups in total. The number of aliphatic imine (C=N–C) groups is 1. The first-order chi connectivity index (χ1) is 6.26. The second kappa shape index (κ2) is 4.47. The van der Waals surface area contributed by atoms with Crippen LogP contribution in [-0.2, 0) is 6.42 Å². The molecule has 4 nitrogen and oxygen atoms in total. The van der Waals surface area contributed by atoms with Crippen molar-refractivity contribution < 1.29 is 0 Å². The van der Waals surface area contributed by atoms with Crippen molar-refractivity contribution in [3.8, 4) is 0 Å². The summed E-state index contributed by atoms with van der Waals surface area (Å²) >= 11 is 0. The van der Waals surface area contributed by atoms with E-state index in [1.165, 1.54) is 5.56 Å². The fourth-order valence-electron chi connectivity index (χ4n) is 1.02. The minimum atomic E-state index is 0.216. The Bertz CT molecular complexity index is 306. The number of hydrogen-bond donors (Lipinski definition) is 3. The van der Waals surface area contributed by atoms with Crippen molar-refractivity contribution >= 4 is 11.6 Å². The Balaban J connectivity index is 2.89. The van der Waals surface area contributed by atoms with Crippen LogP contribution >= 0.6 is 0 Å². The quantitative estimate of drug-likeness (QED) is 0.269. The third-order valence-corrected chi connectivity index (χ3v) is 1.72. The minimum absolute atomic E-state index is 0.216. The second-order valence-corrected chi connectivity index (χ2v) is 2.66. The van der Waals surface area contributed by atoms with Crippen LogP contribution in [0.15, 0.2) is 29.3 Å². The predicted molar refractivity (Wildman–Crippen MR) is 54.4 cm³/mol.